The topological polar surface area (TPSA) is 79.8 Å². The minimum absolute atomic E-state index is 0.0697. The summed E-state index contributed by atoms with van der Waals surface area (Å²) in [6.45, 7) is 0. The van der Waals surface area contributed by atoms with E-state index in [9.17, 15) is 0 Å². The van der Waals surface area contributed by atoms with Crippen molar-refractivity contribution in [2.24, 2.45) is 10.9 Å². The summed E-state index contributed by atoms with van der Waals surface area (Å²) in [5.41, 5.74) is 6.14. The predicted octanol–water partition coefficient (Wildman–Crippen LogP) is 6.86. The summed E-state index contributed by atoms with van der Waals surface area (Å²) in [6, 6.07) is 16.1. The average molecular weight is 545 g/mol. The Labute approximate surface area is 235 Å². The minimum Gasteiger partial charge on any atom is -0.493 e. The molecule has 2 unspecified atom stereocenters. The molecule has 1 fully saturated rings. The summed E-state index contributed by atoms with van der Waals surface area (Å²) in [4.78, 5) is 5.26. The maximum atomic E-state index is 5.70. The molecular formula is C32H36N2O6. The molecule has 8 heteroatoms. The second kappa shape index (κ2) is 11.8. The Morgan fingerprint density at radius 2 is 1.32 bits per heavy atom. The number of anilines is 1. The van der Waals surface area contributed by atoms with Crippen molar-refractivity contribution in [1.82, 2.24) is 0 Å². The third kappa shape index (κ3) is 5.01. The third-order valence-electron chi connectivity index (χ3n) is 7.57. The van der Waals surface area contributed by atoms with E-state index in [0.717, 1.165) is 47.5 Å². The SMILES string of the molecule is COc1cc(/C=C2\CCCC3C2=Nc2ccccc2NC3c2cc(OC)c(OC)c(OC)c2)cc(OC)c1OC. The van der Waals surface area contributed by atoms with Crippen LogP contribution in [0.15, 0.2) is 59.1 Å². The lowest BCUT2D eigenvalue weighted by atomic mass is 9.76. The van der Waals surface area contributed by atoms with Crippen molar-refractivity contribution >= 4 is 23.2 Å². The Morgan fingerprint density at radius 1 is 0.750 bits per heavy atom. The Balaban J connectivity index is 1.65. The van der Waals surface area contributed by atoms with E-state index in [2.05, 4.69) is 23.5 Å². The molecule has 0 spiro atoms. The molecule has 210 valence electrons. The number of hydrogen-bond donors (Lipinski definition) is 1. The molecule has 8 nitrogen and oxygen atoms in total. The summed E-state index contributed by atoms with van der Waals surface area (Å²) in [5, 5.41) is 3.80. The van der Waals surface area contributed by atoms with Gasteiger partial charge in [-0.1, -0.05) is 12.1 Å². The van der Waals surface area contributed by atoms with Crippen molar-refractivity contribution < 1.29 is 28.4 Å². The Kier molecular flexibility index (Phi) is 8.05. The van der Waals surface area contributed by atoms with Crippen LogP contribution in [0.4, 0.5) is 11.4 Å². The van der Waals surface area contributed by atoms with Gasteiger partial charge < -0.3 is 33.7 Å². The first-order valence-corrected chi connectivity index (χ1v) is 13.3. The molecule has 2 atom stereocenters. The lowest BCUT2D eigenvalue weighted by molar-refractivity contribution is 0.323. The zero-order chi connectivity index (χ0) is 28.2. The van der Waals surface area contributed by atoms with Crippen LogP contribution < -0.4 is 33.7 Å². The highest BCUT2D eigenvalue weighted by Crippen LogP contribution is 2.47. The molecule has 0 radical (unpaired) electrons. The number of allylic oxidation sites excluding steroid dienone is 1. The first kappa shape index (κ1) is 27.2. The van der Waals surface area contributed by atoms with Gasteiger partial charge in [-0.05, 0) is 78.4 Å². The van der Waals surface area contributed by atoms with E-state index >= 15 is 0 Å². The van der Waals surface area contributed by atoms with Crippen molar-refractivity contribution in [2.45, 2.75) is 25.3 Å². The normalized spacial score (nSPS) is 18.9. The van der Waals surface area contributed by atoms with Gasteiger partial charge in [0.05, 0.1) is 60.1 Å². The van der Waals surface area contributed by atoms with Crippen LogP contribution >= 0.6 is 0 Å². The van der Waals surface area contributed by atoms with Crippen LogP contribution in [-0.4, -0.2) is 48.4 Å². The number of methoxy groups -OCH3 is 6. The summed E-state index contributed by atoms with van der Waals surface area (Å²) in [5.74, 6) is 3.73. The van der Waals surface area contributed by atoms with Crippen LogP contribution in [0, 0.1) is 5.92 Å². The number of benzene rings is 3. The molecule has 1 N–H and O–H groups in total. The van der Waals surface area contributed by atoms with Gasteiger partial charge in [-0.15, -0.1) is 0 Å². The fourth-order valence-corrected chi connectivity index (χ4v) is 5.71. The molecule has 3 aromatic carbocycles. The first-order valence-electron chi connectivity index (χ1n) is 13.3. The molecule has 2 aliphatic rings. The maximum Gasteiger partial charge on any atom is 0.203 e. The number of aliphatic imine (C=N–C) groups is 1. The van der Waals surface area contributed by atoms with Crippen LogP contribution in [0.1, 0.15) is 36.4 Å². The molecule has 1 aliphatic heterocycles. The van der Waals surface area contributed by atoms with Crippen molar-refractivity contribution in [3.8, 4) is 34.5 Å². The van der Waals surface area contributed by atoms with Crippen molar-refractivity contribution in [3.05, 3.63) is 65.2 Å². The van der Waals surface area contributed by atoms with Crippen LogP contribution in [0.25, 0.3) is 6.08 Å². The van der Waals surface area contributed by atoms with Gasteiger partial charge in [-0.25, -0.2) is 0 Å². The molecule has 0 saturated heterocycles. The number of para-hydroxylation sites is 2. The van der Waals surface area contributed by atoms with Crippen molar-refractivity contribution in [1.29, 1.82) is 0 Å². The highest BCUT2D eigenvalue weighted by molar-refractivity contribution is 6.09. The van der Waals surface area contributed by atoms with Crippen LogP contribution in [0.2, 0.25) is 0 Å². The summed E-state index contributed by atoms with van der Waals surface area (Å²) in [7, 11) is 9.77. The van der Waals surface area contributed by atoms with E-state index in [4.69, 9.17) is 33.4 Å². The van der Waals surface area contributed by atoms with E-state index in [0.29, 0.717) is 34.5 Å². The van der Waals surface area contributed by atoms with Gasteiger partial charge in [0.25, 0.3) is 0 Å². The average Bonchev–Trinajstić information content (AvgIpc) is 3.17. The monoisotopic (exact) mass is 544 g/mol. The molecule has 1 aliphatic carbocycles. The molecular weight excluding hydrogens is 508 g/mol. The number of hydrogen-bond acceptors (Lipinski definition) is 8. The molecule has 0 amide bonds. The Hall–Kier alpha value is -4.33. The van der Waals surface area contributed by atoms with Gasteiger partial charge in [0.1, 0.15) is 0 Å². The fraction of sp³-hybridized carbons (Fsp3) is 0.344. The smallest absolute Gasteiger partial charge is 0.203 e. The standard InChI is InChI=1S/C32H36N2O6/c1-35-25-15-19(16-26(36-2)31(25)39-5)14-20-10-9-11-22-29(20)33-23-12-7-8-13-24(23)34-30(22)21-17-27(37-3)32(40-6)28(18-21)38-4/h7-8,12-18,22,30,34H,9-11H2,1-6H3/b20-14+. The van der Waals surface area contributed by atoms with E-state index in [1.165, 1.54) is 5.57 Å². The van der Waals surface area contributed by atoms with E-state index in [1.54, 1.807) is 42.7 Å². The molecule has 0 bridgehead atoms. The summed E-state index contributed by atoms with van der Waals surface area (Å²) >= 11 is 0. The zero-order valence-electron chi connectivity index (χ0n) is 23.9. The van der Waals surface area contributed by atoms with E-state index < -0.39 is 0 Å². The molecule has 1 saturated carbocycles. The number of nitrogens with zero attached hydrogens (tertiary/aromatic N) is 1. The van der Waals surface area contributed by atoms with Gasteiger partial charge in [0.2, 0.25) is 11.5 Å². The number of rotatable bonds is 8. The van der Waals surface area contributed by atoms with Gasteiger partial charge in [0, 0.05) is 11.6 Å². The van der Waals surface area contributed by atoms with Crippen LogP contribution in [0.5, 0.6) is 34.5 Å². The number of nitrogens with one attached hydrogen (secondary N) is 1. The van der Waals surface area contributed by atoms with Crippen LogP contribution in [-0.2, 0) is 0 Å². The molecule has 5 rings (SSSR count). The van der Waals surface area contributed by atoms with Gasteiger partial charge in [-0.3, -0.25) is 4.99 Å². The predicted molar refractivity (Wildman–Crippen MR) is 157 cm³/mol. The zero-order valence-corrected chi connectivity index (χ0v) is 23.9. The van der Waals surface area contributed by atoms with Gasteiger partial charge in [0.15, 0.2) is 23.0 Å². The lowest BCUT2D eigenvalue weighted by Crippen LogP contribution is -2.30. The Morgan fingerprint density at radius 3 is 1.90 bits per heavy atom. The maximum absolute atomic E-state index is 5.70. The summed E-state index contributed by atoms with van der Waals surface area (Å²) in [6.07, 6.45) is 5.11. The minimum atomic E-state index is -0.0697. The Bertz CT molecular complexity index is 1400. The van der Waals surface area contributed by atoms with Crippen molar-refractivity contribution in [2.75, 3.05) is 48.0 Å². The van der Waals surface area contributed by atoms with Gasteiger partial charge in [-0.2, -0.15) is 0 Å². The third-order valence-corrected chi connectivity index (χ3v) is 7.57. The fourth-order valence-electron chi connectivity index (χ4n) is 5.71. The molecule has 1 heterocycles. The second-order valence-electron chi connectivity index (χ2n) is 9.72. The first-order chi connectivity index (χ1) is 19.5. The quantitative estimate of drug-likeness (QED) is 0.332. The largest absolute Gasteiger partial charge is 0.493 e. The van der Waals surface area contributed by atoms with Gasteiger partial charge >= 0.3 is 0 Å². The van der Waals surface area contributed by atoms with Crippen molar-refractivity contribution in [3.63, 3.8) is 0 Å². The molecule has 40 heavy (non-hydrogen) atoms. The second-order valence-corrected chi connectivity index (χ2v) is 9.72. The molecule has 3 aromatic rings. The van der Waals surface area contributed by atoms with Crippen LogP contribution in [0.3, 0.4) is 0 Å². The van der Waals surface area contributed by atoms with E-state index in [1.807, 2.05) is 36.4 Å². The van der Waals surface area contributed by atoms with E-state index in [-0.39, 0.29) is 12.0 Å². The number of ether oxygens (including phenoxy) is 6. The summed E-state index contributed by atoms with van der Waals surface area (Å²) < 4.78 is 33.7. The highest BCUT2D eigenvalue weighted by Gasteiger charge is 2.36. The highest BCUT2D eigenvalue weighted by atomic mass is 16.5. The lowest BCUT2D eigenvalue weighted by Gasteiger charge is -2.33. The number of fused-ring (bicyclic) bond motifs is 2. The molecule has 0 aromatic heterocycles.